The highest BCUT2D eigenvalue weighted by Crippen LogP contribution is 2.21. The van der Waals surface area contributed by atoms with Crippen LogP contribution in [0.4, 0.5) is 5.82 Å². The number of morpholine rings is 1. The molecule has 3 heterocycles. The Bertz CT molecular complexity index is 590. The van der Waals surface area contributed by atoms with E-state index >= 15 is 0 Å². The molecule has 1 aliphatic heterocycles. The second kappa shape index (κ2) is 6.80. The molecule has 1 fully saturated rings. The van der Waals surface area contributed by atoms with Crippen molar-refractivity contribution < 1.29 is 9.15 Å². The molecule has 2 aromatic heterocycles. The topological polar surface area (TPSA) is 89.2 Å². The summed E-state index contributed by atoms with van der Waals surface area (Å²) in [5.41, 5.74) is 0. The zero-order valence-electron chi connectivity index (χ0n) is 12.8. The van der Waals surface area contributed by atoms with E-state index in [1.54, 1.807) is 13.1 Å². The van der Waals surface area contributed by atoms with E-state index in [4.69, 9.17) is 9.15 Å². The van der Waals surface area contributed by atoms with Crippen molar-refractivity contribution in [1.82, 2.24) is 25.3 Å². The normalized spacial score (nSPS) is 20.7. The number of rotatable bonds is 5. The molecule has 3 rings (SSSR count). The molecule has 0 bridgehead atoms. The molecule has 8 nitrogen and oxygen atoms in total. The molecule has 22 heavy (non-hydrogen) atoms. The van der Waals surface area contributed by atoms with Crippen LogP contribution in [0.5, 0.6) is 0 Å². The molecule has 2 aromatic rings. The summed E-state index contributed by atoms with van der Waals surface area (Å²) < 4.78 is 11.3. The first kappa shape index (κ1) is 14.9. The molecule has 0 amide bonds. The molecule has 2 atom stereocenters. The second-order valence-electron chi connectivity index (χ2n) is 5.31. The van der Waals surface area contributed by atoms with Crippen molar-refractivity contribution in [2.75, 3.05) is 31.6 Å². The van der Waals surface area contributed by atoms with Crippen LogP contribution in [0.2, 0.25) is 0 Å². The van der Waals surface area contributed by atoms with Crippen LogP contribution in [0, 0.1) is 6.92 Å². The molecule has 1 aliphatic rings. The van der Waals surface area contributed by atoms with Crippen molar-refractivity contribution >= 4 is 5.82 Å². The molecule has 0 radical (unpaired) electrons. The second-order valence-corrected chi connectivity index (χ2v) is 5.31. The molecule has 118 valence electrons. The van der Waals surface area contributed by atoms with Gasteiger partial charge in [-0.1, -0.05) is 0 Å². The summed E-state index contributed by atoms with van der Waals surface area (Å²) in [7, 11) is 0. The Morgan fingerprint density at radius 2 is 2.32 bits per heavy atom. The van der Waals surface area contributed by atoms with E-state index in [1.807, 2.05) is 12.1 Å². The fourth-order valence-corrected chi connectivity index (χ4v) is 2.47. The van der Waals surface area contributed by atoms with Gasteiger partial charge in [0.05, 0.1) is 18.8 Å². The first-order chi connectivity index (χ1) is 10.7. The van der Waals surface area contributed by atoms with Crippen molar-refractivity contribution in [3.8, 4) is 0 Å². The fraction of sp³-hybridized carbons (Fsp3) is 0.571. The maximum absolute atomic E-state index is 5.80. The first-order valence-electron chi connectivity index (χ1n) is 7.39. The lowest BCUT2D eigenvalue weighted by molar-refractivity contribution is -0.0381. The molecule has 0 aliphatic carbocycles. The van der Waals surface area contributed by atoms with Crippen LogP contribution in [-0.4, -0.2) is 57.6 Å². The maximum Gasteiger partial charge on any atom is 0.233 e. The fourth-order valence-electron chi connectivity index (χ4n) is 2.47. The van der Waals surface area contributed by atoms with Gasteiger partial charge in [0, 0.05) is 32.8 Å². The largest absolute Gasteiger partial charge is 0.424 e. The SMILES string of the molecule is Cc1nnc(C(C)N2CCOC(CNc3cccnn3)C2)o1. The quantitative estimate of drug-likeness (QED) is 0.876. The Kier molecular flexibility index (Phi) is 4.59. The molecule has 0 spiro atoms. The predicted molar refractivity (Wildman–Crippen MR) is 79.3 cm³/mol. The van der Waals surface area contributed by atoms with Crippen LogP contribution in [0.1, 0.15) is 24.7 Å². The lowest BCUT2D eigenvalue weighted by atomic mass is 10.2. The van der Waals surface area contributed by atoms with Crippen molar-refractivity contribution in [3.63, 3.8) is 0 Å². The van der Waals surface area contributed by atoms with E-state index < -0.39 is 0 Å². The number of nitrogens with zero attached hydrogens (tertiary/aromatic N) is 5. The van der Waals surface area contributed by atoms with Gasteiger partial charge < -0.3 is 14.5 Å². The molecule has 1 N–H and O–H groups in total. The minimum Gasteiger partial charge on any atom is -0.424 e. The maximum atomic E-state index is 5.80. The van der Waals surface area contributed by atoms with Gasteiger partial charge in [-0.25, -0.2) is 0 Å². The Balaban J connectivity index is 1.55. The number of hydrogen-bond acceptors (Lipinski definition) is 8. The third kappa shape index (κ3) is 3.58. The van der Waals surface area contributed by atoms with Gasteiger partial charge in [-0.15, -0.1) is 15.3 Å². The van der Waals surface area contributed by atoms with Gasteiger partial charge in [-0.3, -0.25) is 4.90 Å². The van der Waals surface area contributed by atoms with E-state index in [0.29, 0.717) is 24.9 Å². The van der Waals surface area contributed by atoms with Crippen LogP contribution >= 0.6 is 0 Å². The summed E-state index contributed by atoms with van der Waals surface area (Å²) in [6.45, 7) is 6.90. The highest BCUT2D eigenvalue weighted by atomic mass is 16.5. The smallest absolute Gasteiger partial charge is 0.233 e. The molecule has 8 heteroatoms. The Hall–Kier alpha value is -2.06. The summed E-state index contributed by atoms with van der Waals surface area (Å²) >= 11 is 0. The lowest BCUT2D eigenvalue weighted by Gasteiger charge is -2.35. The van der Waals surface area contributed by atoms with E-state index in [1.165, 1.54) is 0 Å². The minimum atomic E-state index is 0.0854. The van der Waals surface area contributed by atoms with E-state index in [-0.39, 0.29) is 12.1 Å². The molecule has 1 saturated heterocycles. The highest BCUT2D eigenvalue weighted by Gasteiger charge is 2.27. The average Bonchev–Trinajstić information content (AvgIpc) is 3.00. The average molecular weight is 304 g/mol. The molecule has 2 unspecified atom stereocenters. The van der Waals surface area contributed by atoms with Crippen LogP contribution in [-0.2, 0) is 4.74 Å². The molecule has 0 aromatic carbocycles. The van der Waals surface area contributed by atoms with Crippen molar-refractivity contribution in [1.29, 1.82) is 0 Å². The van der Waals surface area contributed by atoms with Crippen LogP contribution in [0.15, 0.2) is 22.7 Å². The first-order valence-corrected chi connectivity index (χ1v) is 7.39. The van der Waals surface area contributed by atoms with Gasteiger partial charge in [0.25, 0.3) is 0 Å². The lowest BCUT2D eigenvalue weighted by Crippen LogP contribution is -2.46. The van der Waals surface area contributed by atoms with Gasteiger partial charge in [-0.2, -0.15) is 5.10 Å². The zero-order valence-corrected chi connectivity index (χ0v) is 12.8. The summed E-state index contributed by atoms with van der Waals surface area (Å²) in [5, 5.41) is 19.1. The van der Waals surface area contributed by atoms with E-state index in [9.17, 15) is 0 Å². The zero-order chi connectivity index (χ0) is 15.4. The number of aryl methyl sites for hydroxylation is 1. The predicted octanol–water partition coefficient (Wildman–Crippen LogP) is 1.04. The summed E-state index contributed by atoms with van der Waals surface area (Å²) in [6.07, 6.45) is 1.74. The van der Waals surface area contributed by atoms with Gasteiger partial charge in [0.1, 0.15) is 5.82 Å². The number of aromatic nitrogens is 4. The Morgan fingerprint density at radius 1 is 1.41 bits per heavy atom. The molecular formula is C14H20N6O2. The molecular weight excluding hydrogens is 284 g/mol. The number of ether oxygens (including phenoxy) is 1. The van der Waals surface area contributed by atoms with Gasteiger partial charge in [-0.05, 0) is 19.1 Å². The third-order valence-electron chi connectivity index (χ3n) is 3.70. The Morgan fingerprint density at radius 3 is 3.05 bits per heavy atom. The van der Waals surface area contributed by atoms with Gasteiger partial charge in [0.15, 0.2) is 0 Å². The van der Waals surface area contributed by atoms with E-state index in [0.717, 1.165) is 18.9 Å². The van der Waals surface area contributed by atoms with Gasteiger partial charge >= 0.3 is 0 Å². The van der Waals surface area contributed by atoms with Gasteiger partial charge in [0.2, 0.25) is 11.8 Å². The number of hydrogen-bond donors (Lipinski definition) is 1. The Labute approximate surface area is 128 Å². The monoisotopic (exact) mass is 304 g/mol. The summed E-state index contributed by atoms with van der Waals surface area (Å²) in [4.78, 5) is 2.29. The summed E-state index contributed by atoms with van der Waals surface area (Å²) in [6, 6.07) is 3.82. The van der Waals surface area contributed by atoms with E-state index in [2.05, 4.69) is 37.5 Å². The van der Waals surface area contributed by atoms with Crippen molar-refractivity contribution in [2.24, 2.45) is 0 Å². The summed E-state index contributed by atoms with van der Waals surface area (Å²) in [5.74, 6) is 2.00. The number of nitrogens with one attached hydrogen (secondary N) is 1. The minimum absolute atomic E-state index is 0.0854. The van der Waals surface area contributed by atoms with Crippen LogP contribution in [0.25, 0.3) is 0 Å². The standard InChI is InChI=1S/C14H20N6O2/c1-10(14-19-17-11(2)22-14)20-6-7-21-12(9-20)8-15-13-4-3-5-16-18-13/h3-5,10,12H,6-9H2,1-2H3,(H,15,18). The third-order valence-corrected chi connectivity index (χ3v) is 3.70. The van der Waals surface area contributed by atoms with Crippen molar-refractivity contribution in [2.45, 2.75) is 26.0 Å². The van der Waals surface area contributed by atoms with Crippen molar-refractivity contribution in [3.05, 3.63) is 30.1 Å². The highest BCUT2D eigenvalue weighted by molar-refractivity contribution is 5.31. The van der Waals surface area contributed by atoms with Crippen LogP contribution < -0.4 is 5.32 Å². The number of anilines is 1. The molecule has 0 saturated carbocycles. The van der Waals surface area contributed by atoms with Crippen LogP contribution in [0.3, 0.4) is 0 Å².